The highest BCUT2D eigenvalue weighted by atomic mass is 32.2. The lowest BCUT2D eigenvalue weighted by atomic mass is 10.00. The van der Waals surface area contributed by atoms with Crippen LogP contribution in [0.25, 0.3) is 0 Å². The number of hydrogen-bond donors (Lipinski definition) is 1. The van der Waals surface area contributed by atoms with Gasteiger partial charge in [0, 0.05) is 30.1 Å². The largest absolute Gasteiger partial charge is 0.497 e. The summed E-state index contributed by atoms with van der Waals surface area (Å²) >= 11 is 0. The third-order valence-corrected chi connectivity index (χ3v) is 9.75. The first-order valence-corrected chi connectivity index (χ1v) is 17.2. The van der Waals surface area contributed by atoms with Gasteiger partial charge in [0.25, 0.3) is 15.7 Å². The molecule has 11 nitrogen and oxygen atoms in total. The predicted octanol–water partition coefficient (Wildman–Crippen LogP) is 5.97. The van der Waals surface area contributed by atoms with E-state index in [1.165, 1.54) is 43.2 Å². The van der Waals surface area contributed by atoms with Crippen LogP contribution in [0.1, 0.15) is 43.0 Å². The molecule has 0 fully saturated rings. The Bertz CT molecular complexity index is 1910. The van der Waals surface area contributed by atoms with Gasteiger partial charge >= 0.3 is 0 Å². The average molecular weight is 687 g/mol. The second-order valence-electron chi connectivity index (χ2n) is 12.8. The lowest BCUT2D eigenvalue weighted by Crippen LogP contribution is -2.56. The van der Waals surface area contributed by atoms with Crippen LogP contribution >= 0.6 is 0 Å². The first-order chi connectivity index (χ1) is 23.1. The maximum absolute atomic E-state index is 14.7. The minimum Gasteiger partial charge on any atom is -0.497 e. The number of benzene rings is 4. The van der Waals surface area contributed by atoms with Crippen molar-refractivity contribution in [2.24, 2.45) is 0 Å². The number of aryl methyl sites for hydroxylation is 2. The molecule has 2 amide bonds. The maximum atomic E-state index is 14.7. The van der Waals surface area contributed by atoms with Crippen molar-refractivity contribution in [3.05, 3.63) is 129 Å². The number of carbonyl (C=O) groups excluding carboxylic acids is 2. The average Bonchev–Trinajstić information content (AvgIpc) is 3.05. The summed E-state index contributed by atoms with van der Waals surface area (Å²) in [7, 11) is -3.08. The van der Waals surface area contributed by atoms with Gasteiger partial charge in [0.1, 0.15) is 18.3 Å². The zero-order valence-electron chi connectivity index (χ0n) is 28.5. The standard InChI is InChI=1S/C37H42N4O7S/c1-26-12-10-11-15-29(26)24-39(34(36(43)38-37(3,4)5)22-28-13-8-7-9-14-28)35(42)25-40(30-17-19-31(48-6)20-18-30)49(46,47)32-21-16-27(2)33(23-32)41(44)45/h7-21,23,34H,22,24-25H2,1-6H3,(H,38,43). The Morgan fingerprint density at radius 2 is 1.53 bits per heavy atom. The van der Waals surface area contributed by atoms with Crippen LogP contribution in [-0.4, -0.2) is 55.3 Å². The Balaban J connectivity index is 1.86. The highest BCUT2D eigenvalue weighted by Gasteiger charge is 2.36. The molecular weight excluding hydrogens is 644 g/mol. The van der Waals surface area contributed by atoms with Crippen LogP contribution in [0, 0.1) is 24.0 Å². The number of nitrogens with zero attached hydrogens (tertiary/aromatic N) is 3. The highest BCUT2D eigenvalue weighted by molar-refractivity contribution is 7.92. The number of nitro groups is 1. The Morgan fingerprint density at radius 3 is 2.12 bits per heavy atom. The molecule has 0 saturated carbocycles. The molecule has 4 aromatic rings. The number of hydrogen-bond acceptors (Lipinski definition) is 7. The van der Waals surface area contributed by atoms with Crippen LogP contribution in [0.15, 0.2) is 102 Å². The fourth-order valence-corrected chi connectivity index (χ4v) is 6.76. The first kappa shape index (κ1) is 36.6. The van der Waals surface area contributed by atoms with Crippen LogP contribution in [0.5, 0.6) is 5.75 Å². The lowest BCUT2D eigenvalue weighted by Gasteiger charge is -2.35. The summed E-state index contributed by atoms with van der Waals surface area (Å²) in [6.45, 7) is 8.27. The van der Waals surface area contributed by atoms with E-state index in [9.17, 15) is 28.1 Å². The number of carbonyl (C=O) groups is 2. The Kier molecular flexibility index (Phi) is 11.5. The van der Waals surface area contributed by atoms with Crippen molar-refractivity contribution in [3.63, 3.8) is 0 Å². The number of ether oxygens (including phenoxy) is 1. The molecule has 0 aliphatic heterocycles. The zero-order valence-corrected chi connectivity index (χ0v) is 29.4. The monoisotopic (exact) mass is 686 g/mol. The van der Waals surface area contributed by atoms with Crippen molar-refractivity contribution in [3.8, 4) is 5.75 Å². The summed E-state index contributed by atoms with van der Waals surface area (Å²) in [5.41, 5.74) is 1.91. The van der Waals surface area contributed by atoms with E-state index in [4.69, 9.17) is 4.74 Å². The van der Waals surface area contributed by atoms with Crippen molar-refractivity contribution in [2.75, 3.05) is 18.0 Å². The van der Waals surface area contributed by atoms with Crippen molar-refractivity contribution in [1.82, 2.24) is 10.2 Å². The molecular formula is C37H42N4O7S. The van der Waals surface area contributed by atoms with Gasteiger partial charge in [0.15, 0.2) is 0 Å². The number of sulfonamides is 1. The van der Waals surface area contributed by atoms with Crippen LogP contribution in [-0.2, 0) is 32.6 Å². The molecule has 0 bridgehead atoms. The Labute approximate surface area is 287 Å². The number of methoxy groups -OCH3 is 1. The molecule has 4 rings (SSSR count). The molecule has 1 unspecified atom stereocenters. The maximum Gasteiger partial charge on any atom is 0.273 e. The van der Waals surface area contributed by atoms with Gasteiger partial charge in [-0.3, -0.25) is 24.0 Å². The van der Waals surface area contributed by atoms with Crippen LogP contribution < -0.4 is 14.4 Å². The highest BCUT2D eigenvalue weighted by Crippen LogP contribution is 2.30. The number of amides is 2. The van der Waals surface area contributed by atoms with E-state index < -0.39 is 44.9 Å². The number of anilines is 1. The molecule has 0 aliphatic rings. The molecule has 0 heterocycles. The minimum atomic E-state index is -4.55. The molecule has 0 radical (unpaired) electrons. The lowest BCUT2D eigenvalue weighted by molar-refractivity contribution is -0.385. The predicted molar refractivity (Wildman–Crippen MR) is 189 cm³/mol. The molecule has 1 N–H and O–H groups in total. The van der Waals surface area contributed by atoms with Gasteiger partial charge in [0.05, 0.1) is 22.6 Å². The van der Waals surface area contributed by atoms with Crippen molar-refractivity contribution in [2.45, 2.75) is 64.1 Å². The number of nitrogens with one attached hydrogen (secondary N) is 1. The van der Waals surface area contributed by atoms with Gasteiger partial charge < -0.3 is 15.0 Å². The van der Waals surface area contributed by atoms with Crippen molar-refractivity contribution in [1.29, 1.82) is 0 Å². The fraction of sp³-hybridized carbons (Fsp3) is 0.297. The van der Waals surface area contributed by atoms with Crippen LogP contribution in [0.2, 0.25) is 0 Å². The van der Waals surface area contributed by atoms with E-state index in [2.05, 4.69) is 5.32 Å². The fourth-order valence-electron chi connectivity index (χ4n) is 5.33. The van der Waals surface area contributed by atoms with Crippen LogP contribution in [0.4, 0.5) is 11.4 Å². The van der Waals surface area contributed by atoms with Crippen LogP contribution in [0.3, 0.4) is 0 Å². The third kappa shape index (κ3) is 9.23. The first-order valence-electron chi connectivity index (χ1n) is 15.7. The SMILES string of the molecule is COc1ccc(N(CC(=O)N(Cc2ccccc2C)C(Cc2ccccc2)C(=O)NC(C)(C)C)S(=O)(=O)c2ccc(C)c([N+](=O)[O-])c2)cc1. The molecule has 12 heteroatoms. The molecule has 0 aliphatic carbocycles. The number of rotatable bonds is 13. The van der Waals surface area contributed by atoms with Gasteiger partial charge in [-0.15, -0.1) is 0 Å². The van der Waals surface area contributed by atoms with Crippen molar-refractivity contribution >= 4 is 33.2 Å². The second kappa shape index (κ2) is 15.3. The molecule has 0 aromatic heterocycles. The van der Waals surface area contributed by atoms with E-state index >= 15 is 0 Å². The molecule has 1 atom stereocenters. The number of nitro benzene ring substituents is 1. The Morgan fingerprint density at radius 1 is 0.898 bits per heavy atom. The molecule has 4 aromatic carbocycles. The summed E-state index contributed by atoms with van der Waals surface area (Å²) in [6, 6.07) is 25.5. The van der Waals surface area contributed by atoms with Gasteiger partial charge in [0.2, 0.25) is 11.8 Å². The van der Waals surface area contributed by atoms with E-state index in [1.807, 2.05) is 82.3 Å². The van der Waals surface area contributed by atoms with E-state index in [-0.39, 0.29) is 34.8 Å². The molecule has 0 saturated heterocycles. The Hall–Kier alpha value is -5.23. The second-order valence-corrected chi connectivity index (χ2v) is 14.7. The summed E-state index contributed by atoms with van der Waals surface area (Å²) in [4.78, 5) is 40.9. The van der Waals surface area contributed by atoms with E-state index in [1.54, 1.807) is 12.1 Å². The van der Waals surface area contributed by atoms with Gasteiger partial charge in [-0.1, -0.05) is 60.7 Å². The molecule has 0 spiro atoms. The molecule has 258 valence electrons. The van der Waals surface area contributed by atoms with Crippen molar-refractivity contribution < 1.29 is 27.7 Å². The summed E-state index contributed by atoms with van der Waals surface area (Å²) in [5, 5.41) is 14.8. The normalized spacial score (nSPS) is 12.1. The summed E-state index contributed by atoms with van der Waals surface area (Å²) in [6.07, 6.45) is 0.166. The topological polar surface area (TPSA) is 139 Å². The van der Waals surface area contributed by atoms with Gasteiger partial charge in [-0.25, -0.2) is 8.42 Å². The quantitative estimate of drug-likeness (QED) is 0.135. The molecule has 49 heavy (non-hydrogen) atoms. The van der Waals surface area contributed by atoms with Gasteiger partial charge in [-0.2, -0.15) is 0 Å². The van der Waals surface area contributed by atoms with E-state index in [0.29, 0.717) is 5.75 Å². The minimum absolute atomic E-state index is 0.0209. The van der Waals surface area contributed by atoms with Gasteiger partial charge in [-0.05, 0) is 81.6 Å². The third-order valence-electron chi connectivity index (χ3n) is 7.98. The summed E-state index contributed by atoms with van der Waals surface area (Å²) < 4.78 is 34.9. The smallest absolute Gasteiger partial charge is 0.273 e. The van der Waals surface area contributed by atoms with E-state index in [0.717, 1.165) is 27.1 Å². The summed E-state index contributed by atoms with van der Waals surface area (Å²) in [5.74, 6) is -0.582. The zero-order chi connectivity index (χ0) is 35.9.